The van der Waals surface area contributed by atoms with Gasteiger partial charge in [-0.2, -0.15) is 21.9 Å². The molecular weight excluding hydrogens is 563 g/mol. The van der Waals surface area contributed by atoms with E-state index in [1.807, 2.05) is 35.0 Å². The maximum atomic E-state index is 13.0. The number of ether oxygens (including phenoxy) is 1. The van der Waals surface area contributed by atoms with E-state index in [-0.39, 0.29) is 35.9 Å². The van der Waals surface area contributed by atoms with E-state index < -0.39 is 5.97 Å². The van der Waals surface area contributed by atoms with Gasteiger partial charge in [-0.3, -0.25) is 4.79 Å². The van der Waals surface area contributed by atoms with Crippen molar-refractivity contribution in [2.75, 3.05) is 23.4 Å². The number of thioether (sulfide) groups is 1. The number of anilines is 2. The zero-order chi connectivity index (χ0) is 28.2. The molecule has 11 heteroatoms. The summed E-state index contributed by atoms with van der Waals surface area (Å²) in [5, 5.41) is 27.0. The van der Waals surface area contributed by atoms with Crippen molar-refractivity contribution in [1.82, 2.24) is 4.98 Å². The summed E-state index contributed by atoms with van der Waals surface area (Å²) in [4.78, 5) is 31.3. The summed E-state index contributed by atoms with van der Waals surface area (Å²) in [6.45, 7) is 1.99. The summed E-state index contributed by atoms with van der Waals surface area (Å²) in [6, 6.07) is 14.1. The van der Waals surface area contributed by atoms with Crippen LogP contribution in [0.25, 0.3) is 21.6 Å². The first-order valence-corrected chi connectivity index (χ1v) is 15.2. The molecule has 0 saturated carbocycles. The standard InChI is InChI=1S/C29H23N5O3S3/c1-2-37-29(36)24-19-8-7-16-5-3-4-6-18(16)25(19)40-28(24)33-22(35)10-12-39-27-21(14-31)23(17-9-11-38-15-17)20(13-30)26(32)34-27/h3-6,9,11,15H,2,7-8,10,12H2,1H3,(H2,32,34)(H,33,35). The number of carbonyl (C=O) groups excluding carboxylic acids is 2. The van der Waals surface area contributed by atoms with Crippen molar-refractivity contribution in [2.24, 2.45) is 0 Å². The van der Waals surface area contributed by atoms with Crippen LogP contribution in [0.4, 0.5) is 10.8 Å². The third-order valence-corrected chi connectivity index (χ3v) is 9.28. The highest BCUT2D eigenvalue weighted by molar-refractivity contribution is 7.99. The number of fused-ring (bicyclic) bond motifs is 3. The van der Waals surface area contributed by atoms with Crippen molar-refractivity contribution in [2.45, 2.75) is 31.2 Å². The van der Waals surface area contributed by atoms with Crippen LogP contribution in [-0.4, -0.2) is 29.2 Å². The van der Waals surface area contributed by atoms with Crippen molar-refractivity contribution in [3.05, 3.63) is 68.9 Å². The van der Waals surface area contributed by atoms with Gasteiger partial charge in [-0.05, 0) is 58.8 Å². The number of nitrogens with two attached hydrogens (primary N) is 1. The van der Waals surface area contributed by atoms with E-state index in [0.29, 0.717) is 33.3 Å². The number of nitrogens with zero attached hydrogens (tertiary/aromatic N) is 3. The van der Waals surface area contributed by atoms with Crippen molar-refractivity contribution < 1.29 is 14.3 Å². The Morgan fingerprint density at radius 2 is 1.98 bits per heavy atom. The van der Waals surface area contributed by atoms with Gasteiger partial charge < -0.3 is 15.8 Å². The number of hydrogen-bond acceptors (Lipinski definition) is 10. The molecule has 0 radical (unpaired) electrons. The summed E-state index contributed by atoms with van der Waals surface area (Å²) >= 11 is 4.06. The number of rotatable bonds is 8. The molecular formula is C29H23N5O3S3. The average molecular weight is 586 g/mol. The molecule has 3 heterocycles. The number of nitrogen functional groups attached to an aromatic ring is 1. The number of nitriles is 2. The van der Waals surface area contributed by atoms with E-state index in [1.54, 1.807) is 6.92 Å². The molecule has 40 heavy (non-hydrogen) atoms. The number of hydrogen-bond donors (Lipinski definition) is 2. The number of pyridine rings is 1. The largest absolute Gasteiger partial charge is 0.462 e. The van der Waals surface area contributed by atoms with Gasteiger partial charge in [-0.1, -0.05) is 24.3 Å². The van der Waals surface area contributed by atoms with Gasteiger partial charge in [-0.25, -0.2) is 9.78 Å². The van der Waals surface area contributed by atoms with E-state index >= 15 is 0 Å². The molecule has 4 aromatic rings. The van der Waals surface area contributed by atoms with Gasteiger partial charge in [0.25, 0.3) is 0 Å². The molecule has 0 spiro atoms. The summed E-state index contributed by atoms with van der Waals surface area (Å²) in [5.41, 5.74) is 11.3. The van der Waals surface area contributed by atoms with Gasteiger partial charge in [0, 0.05) is 22.6 Å². The van der Waals surface area contributed by atoms with Crippen LogP contribution in [0.3, 0.4) is 0 Å². The lowest BCUT2D eigenvalue weighted by molar-refractivity contribution is -0.115. The number of amides is 1. The first kappa shape index (κ1) is 27.4. The Labute approximate surface area is 243 Å². The van der Waals surface area contributed by atoms with Gasteiger partial charge in [-0.15, -0.1) is 23.1 Å². The molecule has 0 atom stereocenters. The minimum absolute atomic E-state index is 0.0400. The van der Waals surface area contributed by atoms with E-state index in [0.717, 1.165) is 28.0 Å². The molecule has 3 aromatic heterocycles. The summed E-state index contributed by atoms with van der Waals surface area (Å²) < 4.78 is 5.34. The third-order valence-electron chi connectivity index (χ3n) is 6.44. The third kappa shape index (κ3) is 5.19. The minimum atomic E-state index is -0.444. The number of aromatic nitrogens is 1. The van der Waals surface area contributed by atoms with Crippen LogP contribution in [0.2, 0.25) is 0 Å². The van der Waals surface area contributed by atoms with Crippen LogP contribution >= 0.6 is 34.4 Å². The Morgan fingerprint density at radius 1 is 1.18 bits per heavy atom. The maximum Gasteiger partial charge on any atom is 0.341 e. The zero-order valence-electron chi connectivity index (χ0n) is 21.4. The lowest BCUT2D eigenvalue weighted by atomic mass is 9.89. The van der Waals surface area contributed by atoms with E-state index in [1.165, 1.54) is 40.0 Å². The predicted molar refractivity (Wildman–Crippen MR) is 158 cm³/mol. The zero-order valence-corrected chi connectivity index (χ0v) is 23.9. The fourth-order valence-corrected chi connectivity index (χ4v) is 7.57. The molecule has 200 valence electrons. The minimum Gasteiger partial charge on any atom is -0.462 e. The molecule has 0 unspecified atom stereocenters. The van der Waals surface area contributed by atoms with Crippen LogP contribution in [0.5, 0.6) is 0 Å². The first-order chi connectivity index (χ1) is 19.5. The molecule has 1 aliphatic rings. The highest BCUT2D eigenvalue weighted by atomic mass is 32.2. The first-order valence-electron chi connectivity index (χ1n) is 12.5. The van der Waals surface area contributed by atoms with Crippen LogP contribution in [0, 0.1) is 22.7 Å². The molecule has 8 nitrogen and oxygen atoms in total. The maximum absolute atomic E-state index is 13.0. The highest BCUT2D eigenvalue weighted by Gasteiger charge is 2.29. The molecule has 5 rings (SSSR count). The lowest BCUT2D eigenvalue weighted by Crippen LogP contribution is -2.16. The van der Waals surface area contributed by atoms with Gasteiger partial charge in [0.15, 0.2) is 0 Å². The molecule has 0 bridgehead atoms. The molecule has 3 N–H and O–H groups in total. The lowest BCUT2D eigenvalue weighted by Gasteiger charge is -2.16. The van der Waals surface area contributed by atoms with Crippen molar-refractivity contribution in [1.29, 1.82) is 10.5 Å². The van der Waals surface area contributed by atoms with Crippen molar-refractivity contribution in [3.63, 3.8) is 0 Å². The number of benzene rings is 1. The Morgan fingerprint density at radius 3 is 2.70 bits per heavy atom. The number of esters is 1. The van der Waals surface area contributed by atoms with Gasteiger partial charge in [0.05, 0.1) is 17.7 Å². The normalized spacial score (nSPS) is 11.6. The number of nitrogens with one attached hydrogen (secondary N) is 1. The number of aryl methyl sites for hydroxylation is 1. The average Bonchev–Trinajstić information content (AvgIpc) is 3.61. The van der Waals surface area contributed by atoms with E-state index in [9.17, 15) is 20.1 Å². The number of thiophene rings is 2. The van der Waals surface area contributed by atoms with Crippen LogP contribution in [0.1, 0.15) is 46.0 Å². The van der Waals surface area contributed by atoms with E-state index in [4.69, 9.17) is 10.5 Å². The summed E-state index contributed by atoms with van der Waals surface area (Å²) in [5.74, 6) is -0.368. The smallest absolute Gasteiger partial charge is 0.341 e. The summed E-state index contributed by atoms with van der Waals surface area (Å²) in [7, 11) is 0. The van der Waals surface area contributed by atoms with Gasteiger partial charge in [0.1, 0.15) is 33.5 Å². The molecule has 0 saturated heterocycles. The van der Waals surface area contributed by atoms with Crippen LogP contribution < -0.4 is 11.1 Å². The Hall–Kier alpha value is -4.16. The number of carbonyl (C=O) groups is 2. The van der Waals surface area contributed by atoms with Gasteiger partial charge >= 0.3 is 5.97 Å². The molecule has 0 fully saturated rings. The fourth-order valence-electron chi connectivity index (χ4n) is 4.68. The van der Waals surface area contributed by atoms with Crippen molar-refractivity contribution >= 4 is 57.1 Å². The van der Waals surface area contributed by atoms with Crippen LogP contribution in [0.15, 0.2) is 46.1 Å². The Bertz CT molecular complexity index is 1700. The monoisotopic (exact) mass is 585 g/mol. The van der Waals surface area contributed by atoms with E-state index in [2.05, 4.69) is 28.5 Å². The quantitative estimate of drug-likeness (QED) is 0.182. The Balaban J connectivity index is 1.36. The Kier molecular flexibility index (Phi) is 8.17. The highest BCUT2D eigenvalue weighted by Crippen LogP contribution is 2.45. The molecule has 1 aliphatic carbocycles. The molecule has 0 aliphatic heterocycles. The second-order valence-electron chi connectivity index (χ2n) is 8.80. The second kappa shape index (κ2) is 11.9. The molecule has 1 aromatic carbocycles. The molecule has 1 amide bonds. The second-order valence-corrected chi connectivity index (χ2v) is 11.7. The summed E-state index contributed by atoms with van der Waals surface area (Å²) in [6.07, 6.45) is 1.61. The van der Waals surface area contributed by atoms with Crippen molar-refractivity contribution in [3.8, 4) is 33.7 Å². The van der Waals surface area contributed by atoms with Gasteiger partial charge in [0.2, 0.25) is 5.91 Å². The van der Waals surface area contributed by atoms with Crippen LogP contribution in [-0.2, 0) is 22.4 Å². The fraction of sp³-hybridized carbons (Fsp3) is 0.207. The predicted octanol–water partition coefficient (Wildman–Crippen LogP) is 6.26. The SMILES string of the molecule is CCOC(=O)c1c(NC(=O)CCSc2nc(N)c(C#N)c(-c3ccsc3)c2C#N)sc2c1CCc1ccccc1-2. The topological polar surface area (TPSA) is 142 Å².